The molecule has 0 aliphatic rings. The standard InChI is InChI=1S/C17H18FNOS/c1-10(2)12-8-7-11(3)15(9-12)20-14-6-4-5-13(18)16(14)17(19)21/h4-10H,1-3H3,(H2,19,21). The molecule has 0 aliphatic carbocycles. The Morgan fingerprint density at radius 3 is 2.52 bits per heavy atom. The summed E-state index contributed by atoms with van der Waals surface area (Å²) < 4.78 is 19.7. The van der Waals surface area contributed by atoms with Gasteiger partial charge in [0.15, 0.2) is 0 Å². The topological polar surface area (TPSA) is 35.2 Å². The van der Waals surface area contributed by atoms with Crippen LogP contribution in [0.5, 0.6) is 11.5 Å². The van der Waals surface area contributed by atoms with Gasteiger partial charge in [-0.25, -0.2) is 4.39 Å². The normalized spacial score (nSPS) is 10.7. The average molecular weight is 303 g/mol. The molecule has 2 rings (SSSR count). The van der Waals surface area contributed by atoms with Crippen molar-refractivity contribution in [3.63, 3.8) is 0 Å². The van der Waals surface area contributed by atoms with E-state index in [-0.39, 0.29) is 10.6 Å². The maximum atomic E-state index is 13.9. The zero-order valence-corrected chi connectivity index (χ0v) is 13.1. The number of halogens is 1. The van der Waals surface area contributed by atoms with Crippen molar-refractivity contribution in [3.8, 4) is 11.5 Å². The Morgan fingerprint density at radius 2 is 1.90 bits per heavy atom. The van der Waals surface area contributed by atoms with Crippen molar-refractivity contribution < 1.29 is 9.13 Å². The summed E-state index contributed by atoms with van der Waals surface area (Å²) in [6.45, 7) is 6.16. The number of thiocarbonyl (C=S) groups is 1. The third-order valence-electron chi connectivity index (χ3n) is 3.32. The van der Waals surface area contributed by atoms with Gasteiger partial charge < -0.3 is 10.5 Å². The molecule has 0 aliphatic heterocycles. The van der Waals surface area contributed by atoms with Crippen LogP contribution in [-0.2, 0) is 0 Å². The van der Waals surface area contributed by atoms with Gasteiger partial charge in [0.05, 0.1) is 5.56 Å². The third kappa shape index (κ3) is 3.39. The molecule has 2 aromatic rings. The summed E-state index contributed by atoms with van der Waals surface area (Å²) in [5.41, 5.74) is 7.86. The monoisotopic (exact) mass is 303 g/mol. The molecule has 2 nitrogen and oxygen atoms in total. The van der Waals surface area contributed by atoms with Crippen LogP contribution in [0.2, 0.25) is 0 Å². The molecule has 0 amide bonds. The Kier molecular flexibility index (Phi) is 4.58. The molecule has 0 fully saturated rings. The van der Waals surface area contributed by atoms with E-state index in [9.17, 15) is 4.39 Å². The Hall–Kier alpha value is -1.94. The summed E-state index contributed by atoms with van der Waals surface area (Å²) in [6, 6.07) is 10.6. The van der Waals surface area contributed by atoms with E-state index in [0.717, 1.165) is 11.1 Å². The molecule has 4 heteroatoms. The zero-order valence-electron chi connectivity index (χ0n) is 12.3. The van der Waals surface area contributed by atoms with Gasteiger partial charge in [-0.15, -0.1) is 0 Å². The molecule has 0 heterocycles. The first kappa shape index (κ1) is 15.4. The molecular formula is C17H18FNOS. The average Bonchev–Trinajstić information content (AvgIpc) is 2.40. The van der Waals surface area contributed by atoms with E-state index < -0.39 is 5.82 Å². The highest BCUT2D eigenvalue weighted by Crippen LogP contribution is 2.31. The van der Waals surface area contributed by atoms with Crippen LogP contribution in [-0.4, -0.2) is 4.99 Å². The van der Waals surface area contributed by atoms with Gasteiger partial charge in [-0.05, 0) is 42.2 Å². The first-order valence-corrected chi connectivity index (χ1v) is 7.17. The smallest absolute Gasteiger partial charge is 0.140 e. The maximum Gasteiger partial charge on any atom is 0.140 e. The highest BCUT2D eigenvalue weighted by atomic mass is 32.1. The van der Waals surface area contributed by atoms with Crippen LogP contribution < -0.4 is 10.5 Å². The van der Waals surface area contributed by atoms with Gasteiger partial charge in [0.25, 0.3) is 0 Å². The molecule has 110 valence electrons. The predicted molar refractivity (Wildman–Crippen MR) is 87.6 cm³/mol. The number of aryl methyl sites for hydroxylation is 1. The molecule has 0 spiro atoms. The van der Waals surface area contributed by atoms with Gasteiger partial charge in [-0.3, -0.25) is 0 Å². The summed E-state index contributed by atoms with van der Waals surface area (Å²) >= 11 is 4.91. The van der Waals surface area contributed by atoms with Crippen LogP contribution in [0, 0.1) is 12.7 Å². The Balaban J connectivity index is 2.46. The van der Waals surface area contributed by atoms with Gasteiger partial charge in [0.2, 0.25) is 0 Å². The number of nitrogens with two attached hydrogens (primary N) is 1. The second-order valence-electron chi connectivity index (χ2n) is 5.26. The van der Waals surface area contributed by atoms with E-state index in [0.29, 0.717) is 17.4 Å². The largest absolute Gasteiger partial charge is 0.456 e. The molecule has 0 radical (unpaired) electrons. The molecule has 2 N–H and O–H groups in total. The van der Waals surface area contributed by atoms with Crippen molar-refractivity contribution in [2.24, 2.45) is 5.73 Å². The number of ether oxygens (including phenoxy) is 1. The summed E-state index contributed by atoms with van der Waals surface area (Å²) in [5.74, 6) is 0.934. The second-order valence-corrected chi connectivity index (χ2v) is 5.70. The third-order valence-corrected chi connectivity index (χ3v) is 3.52. The molecule has 2 aromatic carbocycles. The molecular weight excluding hydrogens is 285 g/mol. The summed E-state index contributed by atoms with van der Waals surface area (Å²) in [6.07, 6.45) is 0. The summed E-state index contributed by atoms with van der Waals surface area (Å²) in [5, 5.41) is 0. The van der Waals surface area contributed by atoms with Gasteiger partial charge in [0, 0.05) is 0 Å². The fourth-order valence-electron chi connectivity index (χ4n) is 2.03. The minimum Gasteiger partial charge on any atom is -0.456 e. The van der Waals surface area contributed by atoms with Gasteiger partial charge >= 0.3 is 0 Å². The first-order valence-electron chi connectivity index (χ1n) is 6.77. The van der Waals surface area contributed by atoms with E-state index >= 15 is 0 Å². The number of rotatable bonds is 4. The number of benzene rings is 2. The SMILES string of the molecule is Cc1ccc(C(C)C)cc1Oc1cccc(F)c1C(N)=S. The van der Waals surface area contributed by atoms with Crippen molar-refractivity contribution in [1.29, 1.82) is 0 Å². The molecule has 21 heavy (non-hydrogen) atoms. The van der Waals surface area contributed by atoms with Crippen molar-refractivity contribution in [2.75, 3.05) is 0 Å². The lowest BCUT2D eigenvalue weighted by molar-refractivity contribution is 0.471. The van der Waals surface area contributed by atoms with Gasteiger partial charge in [-0.1, -0.05) is 44.3 Å². The molecule has 0 saturated heterocycles. The van der Waals surface area contributed by atoms with Crippen molar-refractivity contribution >= 4 is 17.2 Å². The van der Waals surface area contributed by atoms with E-state index in [1.807, 2.05) is 19.1 Å². The van der Waals surface area contributed by atoms with Crippen molar-refractivity contribution in [3.05, 3.63) is 58.9 Å². The van der Waals surface area contributed by atoms with Crippen LogP contribution in [0.1, 0.15) is 36.5 Å². The minimum atomic E-state index is -0.474. The molecule has 0 atom stereocenters. The quantitative estimate of drug-likeness (QED) is 0.833. The van der Waals surface area contributed by atoms with Crippen LogP contribution in [0.3, 0.4) is 0 Å². The van der Waals surface area contributed by atoms with E-state index in [1.165, 1.54) is 6.07 Å². The van der Waals surface area contributed by atoms with Crippen molar-refractivity contribution in [2.45, 2.75) is 26.7 Å². The molecule has 0 saturated carbocycles. The fourth-order valence-corrected chi connectivity index (χ4v) is 2.23. The highest BCUT2D eigenvalue weighted by Gasteiger charge is 2.14. The van der Waals surface area contributed by atoms with Gasteiger partial charge in [-0.2, -0.15) is 0 Å². The maximum absolute atomic E-state index is 13.9. The lowest BCUT2D eigenvalue weighted by Gasteiger charge is -2.15. The van der Waals surface area contributed by atoms with Crippen LogP contribution in [0.25, 0.3) is 0 Å². The summed E-state index contributed by atoms with van der Waals surface area (Å²) in [7, 11) is 0. The molecule has 0 bridgehead atoms. The Labute approximate surface area is 129 Å². The van der Waals surface area contributed by atoms with E-state index in [2.05, 4.69) is 19.9 Å². The molecule has 0 aromatic heterocycles. The Morgan fingerprint density at radius 1 is 1.19 bits per heavy atom. The predicted octanol–water partition coefficient (Wildman–Crippen LogP) is 4.68. The minimum absolute atomic E-state index is 0.0132. The van der Waals surface area contributed by atoms with Crippen molar-refractivity contribution in [1.82, 2.24) is 0 Å². The summed E-state index contributed by atoms with van der Waals surface area (Å²) in [4.78, 5) is -0.0132. The van der Waals surface area contributed by atoms with Gasteiger partial charge in [0.1, 0.15) is 22.3 Å². The van der Waals surface area contributed by atoms with Crippen LogP contribution in [0.15, 0.2) is 36.4 Å². The first-order chi connectivity index (χ1) is 9.90. The fraction of sp³-hybridized carbons (Fsp3) is 0.235. The van der Waals surface area contributed by atoms with E-state index in [1.54, 1.807) is 12.1 Å². The highest BCUT2D eigenvalue weighted by molar-refractivity contribution is 7.80. The van der Waals surface area contributed by atoms with Crippen LogP contribution >= 0.6 is 12.2 Å². The Bertz CT molecular complexity index is 682. The number of hydrogen-bond donors (Lipinski definition) is 1. The second kappa shape index (κ2) is 6.22. The lowest BCUT2D eigenvalue weighted by atomic mass is 10.0. The van der Waals surface area contributed by atoms with E-state index in [4.69, 9.17) is 22.7 Å². The zero-order chi connectivity index (χ0) is 15.6. The number of hydrogen-bond acceptors (Lipinski definition) is 2. The van der Waals surface area contributed by atoms with Crippen LogP contribution in [0.4, 0.5) is 4.39 Å². The lowest BCUT2D eigenvalue weighted by Crippen LogP contribution is -2.13. The molecule has 0 unspecified atom stereocenters.